The summed E-state index contributed by atoms with van der Waals surface area (Å²) >= 11 is 0. The van der Waals surface area contributed by atoms with Crippen LogP contribution in [0.1, 0.15) is 162 Å². The first kappa shape index (κ1) is 62.6. The minimum atomic E-state index is -1.98. The van der Waals surface area contributed by atoms with E-state index in [1.807, 2.05) is 6.08 Å². The number of carbonyl (C=O) groups is 1. The highest BCUT2D eigenvalue weighted by Gasteiger charge is 2.53. The third kappa shape index (κ3) is 21.6. The molecule has 70 heavy (non-hydrogen) atoms. The Bertz CT molecular complexity index is 1390. The number of aliphatic hydroxyl groups is 11. The second-order valence-corrected chi connectivity index (χ2v) is 19.3. The number of hydrogen-bond acceptors (Lipinski definition) is 18. The van der Waals surface area contributed by atoms with Gasteiger partial charge in [0.05, 0.1) is 38.6 Å². The number of rotatable bonds is 37. The molecular weight excluding hydrogens is 915 g/mol. The van der Waals surface area contributed by atoms with Crippen LogP contribution in [0.15, 0.2) is 24.3 Å². The normalized spacial score (nSPS) is 32.7. The van der Waals surface area contributed by atoms with Crippen molar-refractivity contribution < 1.29 is 89.4 Å². The van der Waals surface area contributed by atoms with Crippen molar-refractivity contribution in [2.45, 2.75) is 266 Å². The van der Waals surface area contributed by atoms with Crippen molar-refractivity contribution in [1.82, 2.24) is 5.32 Å². The summed E-state index contributed by atoms with van der Waals surface area (Å²) in [7, 11) is 0. The van der Waals surface area contributed by atoms with E-state index in [1.165, 1.54) is 64.2 Å². The summed E-state index contributed by atoms with van der Waals surface area (Å²) in [5.41, 5.74) is 0. The van der Waals surface area contributed by atoms with Crippen molar-refractivity contribution in [3.05, 3.63) is 24.3 Å². The van der Waals surface area contributed by atoms with Gasteiger partial charge in [0.25, 0.3) is 0 Å². The van der Waals surface area contributed by atoms with Crippen molar-refractivity contribution in [2.75, 3.05) is 26.4 Å². The first-order chi connectivity index (χ1) is 33.8. The Morgan fingerprint density at radius 3 is 1.44 bits per heavy atom. The van der Waals surface area contributed by atoms with Crippen LogP contribution in [0, 0.1) is 0 Å². The van der Waals surface area contributed by atoms with Crippen molar-refractivity contribution >= 4 is 5.91 Å². The predicted molar refractivity (Wildman–Crippen MR) is 259 cm³/mol. The lowest BCUT2D eigenvalue weighted by atomic mass is 9.96. The van der Waals surface area contributed by atoms with E-state index < -0.39 is 124 Å². The van der Waals surface area contributed by atoms with Gasteiger partial charge >= 0.3 is 0 Å². The molecule has 0 aliphatic carbocycles. The van der Waals surface area contributed by atoms with Gasteiger partial charge < -0.3 is 89.9 Å². The van der Waals surface area contributed by atoms with E-state index in [9.17, 15) is 61.0 Å². The van der Waals surface area contributed by atoms with E-state index >= 15 is 0 Å². The number of hydrogen-bond donors (Lipinski definition) is 12. The lowest BCUT2D eigenvalue weighted by Gasteiger charge is -2.48. The van der Waals surface area contributed by atoms with Gasteiger partial charge in [0.2, 0.25) is 5.91 Å². The van der Waals surface area contributed by atoms with Gasteiger partial charge in [-0.15, -0.1) is 0 Å². The Morgan fingerprint density at radius 2 is 0.929 bits per heavy atom. The molecule has 17 unspecified atom stereocenters. The van der Waals surface area contributed by atoms with Crippen LogP contribution < -0.4 is 5.32 Å². The van der Waals surface area contributed by atoms with Crippen LogP contribution in [0.5, 0.6) is 0 Å². The fourth-order valence-electron chi connectivity index (χ4n) is 9.01. The van der Waals surface area contributed by atoms with Crippen molar-refractivity contribution in [3.63, 3.8) is 0 Å². The quantitative estimate of drug-likeness (QED) is 0.0314. The second-order valence-electron chi connectivity index (χ2n) is 19.3. The third-order valence-electron chi connectivity index (χ3n) is 13.5. The molecule has 3 aliphatic rings. The summed E-state index contributed by atoms with van der Waals surface area (Å²) in [6.07, 6.45) is 6.15. The molecule has 3 rings (SSSR count). The topological polar surface area (TPSA) is 307 Å². The molecule has 0 bridgehead atoms. The fraction of sp³-hybridized carbons (Fsp3) is 0.902. The van der Waals surface area contributed by atoms with Gasteiger partial charge in [0.15, 0.2) is 18.9 Å². The molecule has 0 aromatic carbocycles. The van der Waals surface area contributed by atoms with Gasteiger partial charge in [0, 0.05) is 6.42 Å². The Hall–Kier alpha value is -1.73. The van der Waals surface area contributed by atoms with Crippen LogP contribution in [0.25, 0.3) is 0 Å². The summed E-state index contributed by atoms with van der Waals surface area (Å²) in [5.74, 6) is -0.290. The number of carbonyl (C=O) groups excluding carboxylic acids is 1. The molecule has 19 heteroatoms. The van der Waals surface area contributed by atoms with Gasteiger partial charge in [-0.05, 0) is 38.5 Å². The van der Waals surface area contributed by atoms with Crippen molar-refractivity contribution in [3.8, 4) is 0 Å². The van der Waals surface area contributed by atoms with E-state index in [2.05, 4.69) is 31.3 Å². The lowest BCUT2D eigenvalue weighted by molar-refractivity contribution is -0.379. The molecule has 12 N–H and O–H groups in total. The number of aliphatic hydroxyl groups excluding tert-OH is 11. The highest BCUT2D eigenvalue weighted by atomic mass is 16.8. The average Bonchev–Trinajstić information content (AvgIpc) is 3.35. The van der Waals surface area contributed by atoms with Crippen molar-refractivity contribution in [1.29, 1.82) is 0 Å². The third-order valence-corrected chi connectivity index (χ3v) is 13.5. The number of ether oxygens (including phenoxy) is 6. The maximum Gasteiger partial charge on any atom is 0.220 e. The zero-order valence-electron chi connectivity index (χ0n) is 42.0. The minimum absolute atomic E-state index is 0.233. The molecule has 1 amide bonds. The monoisotopic (exact) mass is 1010 g/mol. The Morgan fingerprint density at radius 1 is 0.500 bits per heavy atom. The first-order valence-corrected chi connectivity index (χ1v) is 26.6. The van der Waals surface area contributed by atoms with Gasteiger partial charge in [-0.25, -0.2) is 0 Å². The number of amides is 1. The SMILES string of the molecule is CCC/C=C\CCCCCCCC(=O)NC(COC1OC(CO)C(OC2OC(CO)C(OC3OC(CO)C(O)C(O)C3O)C(O)C2O)C(O)C1O)C(O)/C=C/CCCCCCCCCCCCCCC. The van der Waals surface area contributed by atoms with Crippen LogP contribution in [0.4, 0.5) is 0 Å². The van der Waals surface area contributed by atoms with Gasteiger partial charge in [-0.3, -0.25) is 4.79 Å². The van der Waals surface area contributed by atoms with Crippen LogP contribution in [0.2, 0.25) is 0 Å². The van der Waals surface area contributed by atoms with Gasteiger partial charge in [-0.2, -0.15) is 0 Å². The summed E-state index contributed by atoms with van der Waals surface area (Å²) in [5, 5.41) is 120. The fourth-order valence-corrected chi connectivity index (χ4v) is 9.01. The maximum absolute atomic E-state index is 13.2. The van der Waals surface area contributed by atoms with E-state index in [4.69, 9.17) is 28.4 Å². The molecular formula is C51H93NO18. The molecule has 0 spiro atoms. The summed E-state index contributed by atoms with van der Waals surface area (Å²) < 4.78 is 34.1. The lowest BCUT2D eigenvalue weighted by Crippen LogP contribution is -2.66. The zero-order chi connectivity index (χ0) is 51.3. The molecule has 0 saturated carbocycles. The predicted octanol–water partition coefficient (Wildman–Crippen LogP) is 2.42. The molecule has 0 aromatic rings. The van der Waals surface area contributed by atoms with Gasteiger partial charge in [0.1, 0.15) is 73.2 Å². The van der Waals surface area contributed by atoms with Crippen LogP contribution in [-0.2, 0) is 33.2 Å². The first-order valence-electron chi connectivity index (χ1n) is 26.6. The number of unbranched alkanes of at least 4 members (excludes halogenated alkanes) is 19. The van der Waals surface area contributed by atoms with Crippen molar-refractivity contribution in [2.24, 2.45) is 0 Å². The summed E-state index contributed by atoms with van der Waals surface area (Å²) in [6.45, 7) is 1.61. The molecule has 3 saturated heterocycles. The highest BCUT2D eigenvalue weighted by molar-refractivity contribution is 5.76. The second kappa shape index (κ2) is 36.3. The average molecular weight is 1010 g/mol. The highest BCUT2D eigenvalue weighted by Crippen LogP contribution is 2.33. The van der Waals surface area contributed by atoms with E-state index in [1.54, 1.807) is 6.08 Å². The van der Waals surface area contributed by atoms with E-state index in [0.717, 1.165) is 70.6 Å². The van der Waals surface area contributed by atoms with E-state index in [0.29, 0.717) is 6.42 Å². The molecule has 3 fully saturated rings. The summed E-state index contributed by atoms with van der Waals surface area (Å²) in [6, 6.07) is -0.972. The number of nitrogens with one attached hydrogen (secondary N) is 1. The molecule has 410 valence electrons. The summed E-state index contributed by atoms with van der Waals surface area (Å²) in [4.78, 5) is 13.2. The van der Waals surface area contributed by atoms with Crippen LogP contribution >= 0.6 is 0 Å². The maximum atomic E-state index is 13.2. The van der Waals surface area contributed by atoms with Crippen LogP contribution in [0.3, 0.4) is 0 Å². The smallest absolute Gasteiger partial charge is 0.220 e. The zero-order valence-corrected chi connectivity index (χ0v) is 42.0. The number of allylic oxidation sites excluding steroid dienone is 3. The molecule has 3 aliphatic heterocycles. The Balaban J connectivity index is 1.56. The molecule has 0 radical (unpaired) electrons. The molecule has 3 heterocycles. The largest absolute Gasteiger partial charge is 0.394 e. The molecule has 19 nitrogen and oxygen atoms in total. The van der Waals surface area contributed by atoms with E-state index in [-0.39, 0.29) is 18.9 Å². The van der Waals surface area contributed by atoms with Gasteiger partial charge in [-0.1, -0.05) is 141 Å². The Kier molecular flexibility index (Phi) is 32.4. The molecule has 17 atom stereocenters. The molecule has 0 aromatic heterocycles. The Labute approximate surface area is 416 Å². The minimum Gasteiger partial charge on any atom is -0.394 e. The standard InChI is InChI=1S/C51H93NO18/c1-3-5-7-9-11-13-15-16-17-18-19-20-22-24-26-28-35(56)34(52-39(57)29-27-25-23-21-14-12-10-8-6-4-2)33-65-49-45(63)42(60)47(37(31-54)67-49)70-51-46(64)43(61)48(38(32-55)68-51)69-50-44(62)41(59)40(58)36(30-53)66-50/h8,10,26,28,34-38,40-51,53-56,58-64H,3-7,9,11-25,27,29-33H2,1-2H3,(H,52,57)/b10-8-,28-26+. The van der Waals surface area contributed by atoms with Crippen LogP contribution in [-0.4, -0.2) is 193 Å².